The van der Waals surface area contributed by atoms with Crippen molar-refractivity contribution >= 4 is 11.8 Å². The molecule has 1 N–H and O–H groups in total. The number of allylic oxidation sites excluding steroid dienone is 1. The lowest BCUT2D eigenvalue weighted by atomic mass is 10.3. The summed E-state index contributed by atoms with van der Waals surface area (Å²) in [5, 5.41) is 7.12. The zero-order chi connectivity index (χ0) is 11.2. The second-order valence-corrected chi connectivity index (χ2v) is 2.19. The van der Waals surface area contributed by atoms with E-state index in [4.69, 9.17) is 14.6 Å². The number of hydrogen-bond donors (Lipinski definition) is 1. The maximum Gasteiger partial charge on any atom is 0.490 e. The van der Waals surface area contributed by atoms with Gasteiger partial charge in [0.15, 0.2) is 5.78 Å². The van der Waals surface area contributed by atoms with Crippen LogP contribution in [0.25, 0.3) is 0 Å². The summed E-state index contributed by atoms with van der Waals surface area (Å²) in [5.74, 6) is -2.60. The molecule has 0 fully saturated rings. The molecule has 0 unspecified atom stereocenters. The van der Waals surface area contributed by atoms with Crippen molar-refractivity contribution in [2.45, 2.75) is 12.6 Å². The van der Waals surface area contributed by atoms with Crippen LogP contribution in [0.5, 0.6) is 0 Å². The molecule has 80 valence electrons. The van der Waals surface area contributed by atoms with E-state index < -0.39 is 12.1 Å². The molecule has 0 bridgehead atoms. The average molecular weight is 212 g/mol. The molecule has 0 saturated heterocycles. The third kappa shape index (κ3) is 6.04. The van der Waals surface area contributed by atoms with Gasteiger partial charge in [0.05, 0.1) is 12.9 Å². The Labute approximate surface area is 77.0 Å². The lowest BCUT2D eigenvalue weighted by Crippen LogP contribution is -2.21. The van der Waals surface area contributed by atoms with Gasteiger partial charge in [0.1, 0.15) is 0 Å². The van der Waals surface area contributed by atoms with Crippen LogP contribution in [-0.2, 0) is 14.3 Å². The number of hydrogen-bond acceptors (Lipinski definition) is 3. The predicted octanol–water partition coefficient (Wildman–Crippen LogP) is 1.12. The van der Waals surface area contributed by atoms with Crippen LogP contribution in [0.15, 0.2) is 12.3 Å². The van der Waals surface area contributed by atoms with Crippen molar-refractivity contribution in [1.82, 2.24) is 0 Å². The molecule has 4 nitrogen and oxygen atoms in total. The van der Waals surface area contributed by atoms with Crippen LogP contribution in [-0.4, -0.2) is 29.6 Å². The van der Waals surface area contributed by atoms with E-state index >= 15 is 0 Å². The van der Waals surface area contributed by atoms with Gasteiger partial charge >= 0.3 is 12.1 Å². The summed E-state index contributed by atoms with van der Waals surface area (Å²) in [6, 6.07) is 0. The molecule has 7 heteroatoms. The summed E-state index contributed by atoms with van der Waals surface area (Å²) >= 11 is 0. The van der Waals surface area contributed by atoms with Gasteiger partial charge in [-0.05, 0) is 0 Å². The van der Waals surface area contributed by atoms with E-state index in [1.807, 2.05) is 0 Å². The molecular formula is C7H7F3O4. The molecule has 1 rings (SSSR count). The molecular weight excluding hydrogens is 205 g/mol. The molecule has 0 radical (unpaired) electrons. The number of carboxylic acid groups (broad SMARTS) is 1. The van der Waals surface area contributed by atoms with Gasteiger partial charge in [0.25, 0.3) is 0 Å². The zero-order valence-electron chi connectivity index (χ0n) is 6.87. The smallest absolute Gasteiger partial charge is 0.490 e. The first-order valence-electron chi connectivity index (χ1n) is 3.45. The Balaban J connectivity index is 0.000000241. The van der Waals surface area contributed by atoms with E-state index in [0.717, 1.165) is 0 Å². The third-order valence-corrected chi connectivity index (χ3v) is 1.06. The Morgan fingerprint density at radius 2 is 2.00 bits per heavy atom. The van der Waals surface area contributed by atoms with E-state index in [2.05, 4.69) is 0 Å². The summed E-state index contributed by atoms with van der Waals surface area (Å²) in [4.78, 5) is 19.2. The number of carboxylic acids is 1. The van der Waals surface area contributed by atoms with Crippen LogP contribution in [0, 0.1) is 0 Å². The molecule has 1 aliphatic rings. The van der Waals surface area contributed by atoms with Gasteiger partial charge in [0, 0.05) is 12.5 Å². The van der Waals surface area contributed by atoms with Crippen molar-refractivity contribution in [2.75, 3.05) is 6.61 Å². The second kappa shape index (κ2) is 5.25. The normalized spacial score (nSPS) is 15.2. The first kappa shape index (κ1) is 12.5. The number of carbonyl (C=O) groups excluding carboxylic acids is 1. The fourth-order valence-corrected chi connectivity index (χ4v) is 0.435. The van der Waals surface area contributed by atoms with Crippen molar-refractivity contribution in [2.24, 2.45) is 0 Å². The molecule has 0 atom stereocenters. The number of ether oxygens (including phenoxy) is 1. The van der Waals surface area contributed by atoms with Gasteiger partial charge in [-0.2, -0.15) is 13.2 Å². The van der Waals surface area contributed by atoms with Gasteiger partial charge in [-0.25, -0.2) is 4.79 Å². The standard InChI is InChI=1S/C5H6O2.C2HF3O2/c6-5-1-3-7-4-2-5;3-2(4,5)1(6)7/h1,3H,2,4H2;(H,6,7). The highest BCUT2D eigenvalue weighted by Crippen LogP contribution is 2.13. The molecule has 0 aliphatic carbocycles. The molecule has 0 aromatic rings. The van der Waals surface area contributed by atoms with E-state index in [9.17, 15) is 18.0 Å². The van der Waals surface area contributed by atoms with Crippen LogP contribution < -0.4 is 0 Å². The summed E-state index contributed by atoms with van der Waals surface area (Å²) < 4.78 is 36.5. The molecule has 0 aromatic heterocycles. The number of aliphatic carboxylic acids is 1. The first-order chi connectivity index (χ1) is 6.34. The Kier molecular flexibility index (Phi) is 4.68. The van der Waals surface area contributed by atoms with E-state index in [-0.39, 0.29) is 5.78 Å². The fourth-order valence-electron chi connectivity index (χ4n) is 0.435. The topological polar surface area (TPSA) is 63.6 Å². The minimum absolute atomic E-state index is 0.159. The van der Waals surface area contributed by atoms with Crippen molar-refractivity contribution in [1.29, 1.82) is 0 Å². The van der Waals surface area contributed by atoms with Gasteiger partial charge in [-0.3, -0.25) is 4.79 Å². The Morgan fingerprint density at radius 3 is 2.14 bits per heavy atom. The van der Waals surface area contributed by atoms with E-state index in [0.29, 0.717) is 13.0 Å². The molecule has 0 spiro atoms. The largest absolute Gasteiger partial charge is 0.501 e. The molecule has 0 amide bonds. The Morgan fingerprint density at radius 1 is 1.50 bits per heavy atom. The van der Waals surface area contributed by atoms with E-state index in [1.165, 1.54) is 12.3 Å². The summed E-state index contributed by atoms with van der Waals surface area (Å²) in [7, 11) is 0. The fraction of sp³-hybridized carbons (Fsp3) is 0.429. The monoisotopic (exact) mass is 212 g/mol. The van der Waals surface area contributed by atoms with Crippen molar-refractivity contribution in [3.05, 3.63) is 12.3 Å². The minimum atomic E-state index is -5.08. The van der Waals surface area contributed by atoms with Crippen LogP contribution in [0.3, 0.4) is 0 Å². The highest BCUT2D eigenvalue weighted by atomic mass is 19.4. The summed E-state index contributed by atoms with van der Waals surface area (Å²) in [6.07, 6.45) is -1.66. The SMILES string of the molecule is O=C(O)C(F)(F)F.O=C1C=COCC1. The second-order valence-electron chi connectivity index (χ2n) is 2.19. The highest BCUT2D eigenvalue weighted by molar-refractivity contribution is 5.89. The first-order valence-corrected chi connectivity index (χ1v) is 3.45. The Hall–Kier alpha value is -1.53. The molecule has 1 aliphatic heterocycles. The molecule has 0 aromatic carbocycles. The average Bonchev–Trinajstić information content (AvgIpc) is 2.04. The van der Waals surface area contributed by atoms with E-state index in [1.54, 1.807) is 0 Å². The van der Waals surface area contributed by atoms with Crippen molar-refractivity contribution < 1.29 is 32.6 Å². The lowest BCUT2D eigenvalue weighted by Gasteiger charge is -2.01. The van der Waals surface area contributed by atoms with Crippen LogP contribution in [0.2, 0.25) is 0 Å². The Bertz CT molecular complexity index is 244. The summed E-state index contributed by atoms with van der Waals surface area (Å²) in [5.41, 5.74) is 0. The molecule has 14 heavy (non-hydrogen) atoms. The van der Waals surface area contributed by atoms with Gasteiger partial charge in [-0.15, -0.1) is 0 Å². The maximum atomic E-state index is 10.6. The van der Waals surface area contributed by atoms with Gasteiger partial charge in [0.2, 0.25) is 0 Å². The molecule has 1 heterocycles. The molecule has 0 saturated carbocycles. The van der Waals surface area contributed by atoms with Gasteiger partial charge in [-0.1, -0.05) is 0 Å². The van der Waals surface area contributed by atoms with Gasteiger partial charge < -0.3 is 9.84 Å². The highest BCUT2D eigenvalue weighted by Gasteiger charge is 2.38. The number of rotatable bonds is 0. The number of ketones is 1. The van der Waals surface area contributed by atoms with Crippen LogP contribution in [0.1, 0.15) is 6.42 Å². The zero-order valence-corrected chi connectivity index (χ0v) is 6.87. The number of carbonyl (C=O) groups is 2. The minimum Gasteiger partial charge on any atom is -0.501 e. The lowest BCUT2D eigenvalue weighted by molar-refractivity contribution is -0.192. The predicted molar refractivity (Wildman–Crippen MR) is 38.4 cm³/mol. The quantitative estimate of drug-likeness (QED) is 0.653. The van der Waals surface area contributed by atoms with Crippen molar-refractivity contribution in [3.8, 4) is 0 Å². The van der Waals surface area contributed by atoms with Crippen LogP contribution in [0.4, 0.5) is 13.2 Å². The third-order valence-electron chi connectivity index (χ3n) is 1.06. The number of alkyl halides is 3. The number of halogens is 3. The maximum absolute atomic E-state index is 10.6. The summed E-state index contributed by atoms with van der Waals surface area (Å²) in [6.45, 7) is 0.551. The van der Waals surface area contributed by atoms with Crippen molar-refractivity contribution in [3.63, 3.8) is 0 Å². The van der Waals surface area contributed by atoms with Crippen LogP contribution >= 0.6 is 0 Å².